The van der Waals surface area contributed by atoms with E-state index in [1.807, 2.05) is 0 Å². The maximum absolute atomic E-state index is 12.3. The molecule has 0 aliphatic heterocycles. The van der Waals surface area contributed by atoms with Crippen LogP contribution in [0.1, 0.15) is 12.8 Å². The van der Waals surface area contributed by atoms with Crippen LogP contribution in [0.3, 0.4) is 0 Å². The molecule has 2 rings (SSSR count). The van der Waals surface area contributed by atoms with Crippen LogP contribution >= 0.6 is 10.7 Å². The fourth-order valence-corrected chi connectivity index (χ4v) is 4.88. The molecule has 1 aromatic carbocycles. The van der Waals surface area contributed by atoms with Crippen LogP contribution in [0.5, 0.6) is 0 Å². The molecule has 0 N–H and O–H groups in total. The van der Waals surface area contributed by atoms with Crippen molar-refractivity contribution in [1.29, 1.82) is 0 Å². The third-order valence-electron chi connectivity index (χ3n) is 2.83. The van der Waals surface area contributed by atoms with Crippen molar-refractivity contribution in [3.05, 3.63) is 24.3 Å². The lowest BCUT2D eigenvalue weighted by Gasteiger charge is -2.17. The van der Waals surface area contributed by atoms with Gasteiger partial charge in [-0.1, -0.05) is 12.1 Å². The zero-order valence-corrected chi connectivity index (χ0v) is 12.0. The molecule has 1 saturated carbocycles. The molecule has 1 aliphatic carbocycles. The highest BCUT2D eigenvalue weighted by atomic mass is 35.7. The summed E-state index contributed by atoms with van der Waals surface area (Å²) in [6.07, 6.45) is 1.59. The predicted molar refractivity (Wildman–Crippen MR) is 67.5 cm³/mol. The topological polar surface area (TPSA) is 71.5 Å². The van der Waals surface area contributed by atoms with Crippen LogP contribution in [0.2, 0.25) is 0 Å². The van der Waals surface area contributed by atoms with Crippen LogP contribution in [0.25, 0.3) is 0 Å². The maximum Gasteiger partial charge on any atom is 0.262 e. The summed E-state index contributed by atoms with van der Waals surface area (Å²) in [6.45, 7) is 0. The summed E-state index contributed by atoms with van der Waals surface area (Å²) >= 11 is 0. The van der Waals surface area contributed by atoms with Crippen LogP contribution in [-0.4, -0.2) is 34.2 Å². The van der Waals surface area contributed by atoms with E-state index in [9.17, 15) is 16.8 Å². The molecule has 1 fully saturated rings. The van der Waals surface area contributed by atoms with Crippen molar-refractivity contribution in [2.24, 2.45) is 0 Å². The van der Waals surface area contributed by atoms with E-state index in [0.29, 0.717) is 0 Å². The lowest BCUT2D eigenvalue weighted by molar-refractivity contribution is 0.462. The summed E-state index contributed by atoms with van der Waals surface area (Å²) in [6, 6.07) is 5.31. The Balaban J connectivity index is 2.58. The lowest BCUT2D eigenvalue weighted by atomic mass is 10.4. The molecule has 0 radical (unpaired) electrons. The molecule has 0 bridgehead atoms. The molecule has 5 nitrogen and oxygen atoms in total. The number of hydrogen-bond donors (Lipinski definition) is 0. The number of nitrogens with zero attached hydrogens (tertiary/aromatic N) is 1. The van der Waals surface area contributed by atoms with E-state index in [1.165, 1.54) is 35.6 Å². The van der Waals surface area contributed by atoms with Gasteiger partial charge in [-0.15, -0.1) is 0 Å². The van der Waals surface area contributed by atoms with Crippen LogP contribution in [0.15, 0.2) is 34.1 Å². The Bertz CT molecular complexity index is 665. The molecule has 1 aliphatic rings. The average Bonchev–Trinajstić information content (AvgIpc) is 3.10. The first-order valence-corrected chi connectivity index (χ1v) is 9.01. The van der Waals surface area contributed by atoms with Gasteiger partial charge in [-0.2, -0.15) is 4.31 Å². The first-order valence-electron chi connectivity index (χ1n) is 5.26. The van der Waals surface area contributed by atoms with Gasteiger partial charge in [0.05, 0.1) is 0 Å². The van der Waals surface area contributed by atoms with Crippen LogP contribution in [-0.2, 0) is 19.1 Å². The van der Waals surface area contributed by atoms with E-state index in [-0.39, 0.29) is 15.8 Å². The molecule has 0 spiro atoms. The number of hydrogen-bond acceptors (Lipinski definition) is 4. The van der Waals surface area contributed by atoms with Gasteiger partial charge in [0, 0.05) is 23.8 Å². The second kappa shape index (κ2) is 4.48. The SMILES string of the molecule is CN(C1CC1)S(=O)(=O)c1ccccc1S(=O)(=O)Cl. The Morgan fingerprint density at radius 2 is 1.61 bits per heavy atom. The van der Waals surface area contributed by atoms with Gasteiger partial charge in [0.25, 0.3) is 9.05 Å². The molecular formula is C10H12ClNO4S2. The Labute approximate surface area is 111 Å². The Morgan fingerprint density at radius 3 is 2.06 bits per heavy atom. The highest BCUT2D eigenvalue weighted by Gasteiger charge is 2.37. The maximum atomic E-state index is 12.3. The molecule has 8 heteroatoms. The van der Waals surface area contributed by atoms with Gasteiger partial charge < -0.3 is 0 Å². The molecule has 18 heavy (non-hydrogen) atoms. The minimum absolute atomic E-state index is 0.0407. The number of halogens is 1. The molecule has 1 aromatic rings. The number of benzene rings is 1. The second-order valence-corrected chi connectivity index (χ2v) is 8.64. The van der Waals surface area contributed by atoms with Crippen molar-refractivity contribution in [2.75, 3.05) is 7.05 Å². The summed E-state index contributed by atoms with van der Waals surface area (Å²) in [5, 5.41) is 0. The summed E-state index contributed by atoms with van der Waals surface area (Å²) in [5.74, 6) is 0. The summed E-state index contributed by atoms with van der Waals surface area (Å²) in [7, 11) is -1.20. The van der Waals surface area contributed by atoms with Crippen molar-refractivity contribution >= 4 is 29.8 Å². The van der Waals surface area contributed by atoms with Gasteiger partial charge in [-0.05, 0) is 25.0 Å². The third-order valence-corrected chi connectivity index (χ3v) is 6.31. The lowest BCUT2D eigenvalue weighted by Crippen LogP contribution is -2.29. The van der Waals surface area contributed by atoms with Crippen molar-refractivity contribution in [3.63, 3.8) is 0 Å². The zero-order valence-electron chi connectivity index (χ0n) is 9.58. The van der Waals surface area contributed by atoms with Gasteiger partial charge in [-0.3, -0.25) is 0 Å². The Hall–Kier alpha value is -0.630. The fraction of sp³-hybridized carbons (Fsp3) is 0.400. The quantitative estimate of drug-likeness (QED) is 0.788. The van der Waals surface area contributed by atoms with E-state index in [0.717, 1.165) is 12.8 Å². The van der Waals surface area contributed by atoms with E-state index < -0.39 is 19.1 Å². The van der Waals surface area contributed by atoms with Gasteiger partial charge in [0.2, 0.25) is 10.0 Å². The standard InChI is InChI=1S/C10H12ClNO4S2/c1-12(8-6-7-8)18(15,16)10-5-3-2-4-9(10)17(11,13)14/h2-5,8H,6-7H2,1H3. The molecule has 0 unspecified atom stereocenters. The highest BCUT2D eigenvalue weighted by molar-refractivity contribution is 8.14. The molecule has 0 heterocycles. The monoisotopic (exact) mass is 309 g/mol. The smallest absolute Gasteiger partial charge is 0.207 e. The van der Waals surface area contributed by atoms with E-state index in [1.54, 1.807) is 0 Å². The van der Waals surface area contributed by atoms with Gasteiger partial charge >= 0.3 is 0 Å². The molecule has 100 valence electrons. The second-order valence-electron chi connectivity index (χ2n) is 4.14. The highest BCUT2D eigenvalue weighted by Crippen LogP contribution is 2.33. The van der Waals surface area contributed by atoms with Crippen molar-refractivity contribution in [3.8, 4) is 0 Å². The minimum Gasteiger partial charge on any atom is -0.207 e. The van der Waals surface area contributed by atoms with Crippen molar-refractivity contribution < 1.29 is 16.8 Å². The van der Waals surface area contributed by atoms with Crippen molar-refractivity contribution in [2.45, 2.75) is 28.7 Å². The molecule has 0 amide bonds. The first-order chi connectivity index (χ1) is 8.24. The first kappa shape index (κ1) is 13.8. The van der Waals surface area contributed by atoms with Crippen LogP contribution < -0.4 is 0 Å². The summed E-state index contributed by atoms with van der Waals surface area (Å²) in [4.78, 5) is -0.645. The predicted octanol–water partition coefficient (Wildman–Crippen LogP) is 1.40. The van der Waals surface area contributed by atoms with Gasteiger partial charge in [-0.25, -0.2) is 16.8 Å². The van der Waals surface area contributed by atoms with Crippen LogP contribution in [0.4, 0.5) is 0 Å². The summed E-state index contributed by atoms with van der Waals surface area (Å²) < 4.78 is 48.6. The third kappa shape index (κ3) is 2.54. The summed E-state index contributed by atoms with van der Waals surface area (Å²) in [5.41, 5.74) is 0. The van der Waals surface area contributed by atoms with Gasteiger partial charge in [0.1, 0.15) is 9.79 Å². The van der Waals surface area contributed by atoms with Crippen molar-refractivity contribution in [1.82, 2.24) is 4.31 Å². The van der Waals surface area contributed by atoms with Crippen LogP contribution in [0, 0.1) is 0 Å². The molecule has 0 aromatic heterocycles. The largest absolute Gasteiger partial charge is 0.262 e. The van der Waals surface area contributed by atoms with E-state index in [2.05, 4.69) is 0 Å². The molecule has 0 saturated heterocycles. The normalized spacial score (nSPS) is 17.1. The number of sulfonamides is 1. The Kier molecular flexibility index (Phi) is 3.44. The van der Waals surface area contributed by atoms with E-state index in [4.69, 9.17) is 10.7 Å². The molecule has 0 atom stereocenters. The average molecular weight is 310 g/mol. The zero-order chi connectivity index (χ0) is 13.6. The number of rotatable bonds is 4. The van der Waals surface area contributed by atoms with E-state index >= 15 is 0 Å². The Morgan fingerprint density at radius 1 is 1.11 bits per heavy atom. The fourth-order valence-electron chi connectivity index (χ4n) is 1.65. The molecular weight excluding hydrogens is 298 g/mol. The minimum atomic E-state index is -4.09. The van der Waals surface area contributed by atoms with Gasteiger partial charge in [0.15, 0.2) is 0 Å².